The van der Waals surface area contributed by atoms with Gasteiger partial charge < -0.3 is 4.74 Å². The van der Waals surface area contributed by atoms with Crippen LogP contribution in [0.4, 0.5) is 0 Å². The molecule has 2 fully saturated rings. The van der Waals surface area contributed by atoms with Crippen molar-refractivity contribution in [1.82, 2.24) is 24.6 Å². The summed E-state index contributed by atoms with van der Waals surface area (Å²) in [6.45, 7) is 7.98. The van der Waals surface area contributed by atoms with Crippen LogP contribution >= 0.6 is 0 Å². The summed E-state index contributed by atoms with van der Waals surface area (Å²) in [6, 6.07) is 11.2. The molecule has 0 amide bonds. The molecule has 0 spiro atoms. The van der Waals surface area contributed by atoms with E-state index in [4.69, 9.17) is 9.72 Å². The highest BCUT2D eigenvalue weighted by atomic mass is 16.5. The van der Waals surface area contributed by atoms with Crippen molar-refractivity contribution in [2.75, 3.05) is 19.7 Å². The second-order valence-electron chi connectivity index (χ2n) is 7.85. The van der Waals surface area contributed by atoms with Crippen LogP contribution in [0.5, 0.6) is 0 Å². The highest BCUT2D eigenvalue weighted by molar-refractivity contribution is 5.65. The van der Waals surface area contributed by atoms with E-state index in [1.54, 1.807) is 6.20 Å². The van der Waals surface area contributed by atoms with Crippen molar-refractivity contribution in [3.63, 3.8) is 0 Å². The first-order valence-corrected chi connectivity index (χ1v) is 9.69. The zero-order chi connectivity index (χ0) is 18.4. The number of hydrogen-bond acceptors (Lipinski definition) is 5. The first-order valence-electron chi connectivity index (χ1n) is 9.69. The van der Waals surface area contributed by atoms with E-state index < -0.39 is 0 Å². The molecule has 1 aromatic carbocycles. The minimum absolute atomic E-state index is 0.148. The Balaban J connectivity index is 1.53. The predicted octanol–water partition coefficient (Wildman–Crippen LogP) is 2.65. The molecule has 2 aliphatic heterocycles. The summed E-state index contributed by atoms with van der Waals surface area (Å²) in [7, 11) is 0. The Bertz CT molecular complexity index is 937. The van der Waals surface area contributed by atoms with Crippen LogP contribution in [0.15, 0.2) is 42.7 Å². The van der Waals surface area contributed by atoms with Gasteiger partial charge in [0.05, 0.1) is 18.0 Å². The van der Waals surface area contributed by atoms with Crippen LogP contribution in [0.2, 0.25) is 0 Å². The summed E-state index contributed by atoms with van der Waals surface area (Å²) in [4.78, 5) is 11.8. The van der Waals surface area contributed by atoms with Crippen molar-refractivity contribution in [1.29, 1.82) is 0 Å². The molecule has 2 saturated heterocycles. The van der Waals surface area contributed by atoms with Gasteiger partial charge in [0.25, 0.3) is 0 Å². The zero-order valence-corrected chi connectivity index (χ0v) is 15.8. The van der Waals surface area contributed by atoms with E-state index >= 15 is 0 Å². The lowest BCUT2D eigenvalue weighted by Gasteiger charge is -2.31. The lowest BCUT2D eigenvalue weighted by atomic mass is 10.0. The number of fused-ring (bicyclic) bond motifs is 3. The summed E-state index contributed by atoms with van der Waals surface area (Å²) in [5.74, 6) is 1.28. The number of benzene rings is 1. The van der Waals surface area contributed by atoms with Gasteiger partial charge in [-0.05, 0) is 17.5 Å². The Kier molecular flexibility index (Phi) is 4.19. The minimum Gasteiger partial charge on any atom is -0.360 e. The Morgan fingerprint density at radius 2 is 2.07 bits per heavy atom. The molecular formula is C21H25N5O. The van der Waals surface area contributed by atoms with Gasteiger partial charge in [-0.2, -0.15) is 0 Å². The third-order valence-electron chi connectivity index (χ3n) is 5.55. The van der Waals surface area contributed by atoms with E-state index in [0.29, 0.717) is 12.0 Å². The number of ether oxygens (including phenoxy) is 1. The van der Waals surface area contributed by atoms with E-state index in [2.05, 4.69) is 63.9 Å². The number of hydrogen-bond donors (Lipinski definition) is 1. The van der Waals surface area contributed by atoms with Gasteiger partial charge in [-0.3, -0.25) is 14.6 Å². The fourth-order valence-corrected chi connectivity index (χ4v) is 4.11. The standard InChI is InChI=1S/C21H25N5O/c1-14(2)15-4-6-16(7-5-15)20-18(26-9-3-8-22-21(26)24-20)11-25-10-17-13-27-19(12-25)23-17/h3-9,14,17,19,23H,10-13H2,1-2H3. The van der Waals surface area contributed by atoms with Crippen molar-refractivity contribution >= 4 is 5.78 Å². The molecule has 27 heavy (non-hydrogen) atoms. The van der Waals surface area contributed by atoms with Crippen LogP contribution in [0, 0.1) is 0 Å². The Morgan fingerprint density at radius 3 is 2.85 bits per heavy atom. The van der Waals surface area contributed by atoms with E-state index in [-0.39, 0.29) is 6.23 Å². The third-order valence-corrected chi connectivity index (χ3v) is 5.55. The Morgan fingerprint density at radius 1 is 1.22 bits per heavy atom. The summed E-state index contributed by atoms with van der Waals surface area (Å²) in [5, 5.41) is 3.50. The average molecular weight is 363 g/mol. The van der Waals surface area contributed by atoms with Crippen molar-refractivity contribution < 1.29 is 4.74 Å². The third kappa shape index (κ3) is 3.14. The fourth-order valence-electron chi connectivity index (χ4n) is 4.11. The van der Waals surface area contributed by atoms with Gasteiger partial charge in [-0.1, -0.05) is 38.1 Å². The number of aromatic nitrogens is 3. The quantitative estimate of drug-likeness (QED) is 0.772. The van der Waals surface area contributed by atoms with E-state index in [1.165, 1.54) is 11.3 Å². The molecule has 0 saturated carbocycles. The first kappa shape index (κ1) is 16.9. The molecular weight excluding hydrogens is 338 g/mol. The van der Waals surface area contributed by atoms with Crippen molar-refractivity contribution in [2.24, 2.45) is 0 Å². The van der Waals surface area contributed by atoms with Gasteiger partial charge in [0.1, 0.15) is 6.23 Å². The van der Waals surface area contributed by atoms with Crippen LogP contribution in [-0.2, 0) is 11.3 Å². The molecule has 1 N–H and O–H groups in total. The van der Waals surface area contributed by atoms with Gasteiger partial charge >= 0.3 is 0 Å². The van der Waals surface area contributed by atoms with Crippen LogP contribution in [0.1, 0.15) is 31.0 Å². The van der Waals surface area contributed by atoms with Crippen LogP contribution in [-0.4, -0.2) is 51.2 Å². The largest absolute Gasteiger partial charge is 0.360 e. The van der Waals surface area contributed by atoms with Crippen LogP contribution in [0.25, 0.3) is 17.0 Å². The number of rotatable bonds is 4. The van der Waals surface area contributed by atoms with Crippen LogP contribution in [0.3, 0.4) is 0 Å². The molecule has 6 heteroatoms. The number of imidazole rings is 1. The van der Waals surface area contributed by atoms with E-state index in [0.717, 1.165) is 43.3 Å². The molecule has 4 heterocycles. The molecule has 2 aliphatic rings. The van der Waals surface area contributed by atoms with Gasteiger partial charge in [0, 0.05) is 43.6 Å². The molecule has 2 atom stereocenters. The summed E-state index contributed by atoms with van der Waals surface area (Å²) in [5.41, 5.74) is 4.71. The molecule has 0 radical (unpaired) electrons. The van der Waals surface area contributed by atoms with Crippen LogP contribution < -0.4 is 5.32 Å². The van der Waals surface area contributed by atoms with Gasteiger partial charge in [0.15, 0.2) is 0 Å². The second kappa shape index (κ2) is 6.71. The van der Waals surface area contributed by atoms with Gasteiger partial charge in [-0.25, -0.2) is 9.97 Å². The number of piperazine rings is 1. The molecule has 140 valence electrons. The lowest BCUT2D eigenvalue weighted by molar-refractivity contribution is 0.0660. The van der Waals surface area contributed by atoms with E-state index in [1.807, 2.05) is 6.07 Å². The fraction of sp³-hybridized carbons (Fsp3) is 0.429. The lowest BCUT2D eigenvalue weighted by Crippen LogP contribution is -2.51. The summed E-state index contributed by atoms with van der Waals surface area (Å²) in [6.07, 6.45) is 4.01. The maximum Gasteiger partial charge on any atom is 0.234 e. The molecule has 0 aliphatic carbocycles. The predicted molar refractivity (Wildman–Crippen MR) is 104 cm³/mol. The second-order valence-corrected chi connectivity index (χ2v) is 7.85. The smallest absolute Gasteiger partial charge is 0.234 e. The molecule has 2 bridgehead atoms. The summed E-state index contributed by atoms with van der Waals surface area (Å²) < 4.78 is 7.90. The minimum atomic E-state index is 0.148. The average Bonchev–Trinajstić information content (AvgIpc) is 3.22. The maximum absolute atomic E-state index is 5.78. The van der Waals surface area contributed by atoms with E-state index in [9.17, 15) is 0 Å². The monoisotopic (exact) mass is 363 g/mol. The molecule has 6 nitrogen and oxygen atoms in total. The number of nitrogens with one attached hydrogen (secondary N) is 1. The van der Waals surface area contributed by atoms with Crippen molar-refractivity contribution in [3.05, 3.63) is 54.0 Å². The SMILES string of the molecule is CC(C)c1ccc(-c2nc3ncccn3c2CN2CC3COC(C2)N3)cc1. The summed E-state index contributed by atoms with van der Waals surface area (Å²) >= 11 is 0. The Hall–Kier alpha value is -2.28. The highest BCUT2D eigenvalue weighted by Gasteiger charge is 2.33. The first-order chi connectivity index (χ1) is 13.2. The molecule has 3 aromatic rings. The van der Waals surface area contributed by atoms with Crippen molar-refractivity contribution in [3.8, 4) is 11.3 Å². The highest BCUT2D eigenvalue weighted by Crippen LogP contribution is 2.28. The topological polar surface area (TPSA) is 54.7 Å². The number of nitrogens with zero attached hydrogens (tertiary/aromatic N) is 4. The normalized spacial score (nSPS) is 22.8. The maximum atomic E-state index is 5.78. The van der Waals surface area contributed by atoms with Gasteiger partial charge in [-0.15, -0.1) is 0 Å². The Labute approximate surface area is 159 Å². The molecule has 5 rings (SSSR count). The van der Waals surface area contributed by atoms with Crippen molar-refractivity contribution in [2.45, 2.75) is 38.6 Å². The van der Waals surface area contributed by atoms with Gasteiger partial charge in [0.2, 0.25) is 5.78 Å². The molecule has 2 aromatic heterocycles. The zero-order valence-electron chi connectivity index (χ0n) is 15.8. The molecule has 2 unspecified atom stereocenters.